The Morgan fingerprint density at radius 3 is 2.89 bits per heavy atom. The molecule has 1 aromatic heterocycles. The number of hydrogen-bond donors (Lipinski definition) is 1. The quantitative estimate of drug-likeness (QED) is 0.929. The third-order valence-corrected chi connectivity index (χ3v) is 3.51. The van der Waals surface area contributed by atoms with Crippen molar-refractivity contribution in [1.82, 2.24) is 0 Å². The highest BCUT2D eigenvalue weighted by atomic mass is 32.1. The lowest BCUT2D eigenvalue weighted by Gasteiger charge is -2.10. The minimum absolute atomic E-state index is 0.0507. The summed E-state index contributed by atoms with van der Waals surface area (Å²) in [5.41, 5.74) is 1.51. The van der Waals surface area contributed by atoms with Gasteiger partial charge in [0.25, 0.3) is 5.91 Å². The van der Waals surface area contributed by atoms with Gasteiger partial charge in [0.1, 0.15) is 11.8 Å². The second kappa shape index (κ2) is 6.03. The summed E-state index contributed by atoms with van der Waals surface area (Å²) in [4.78, 5) is 12.8. The zero-order valence-corrected chi connectivity index (χ0v) is 11.2. The summed E-state index contributed by atoms with van der Waals surface area (Å²) < 4.78 is 5.26. The van der Waals surface area contributed by atoms with Crippen LogP contribution in [0, 0.1) is 18.3 Å². The van der Waals surface area contributed by atoms with Gasteiger partial charge >= 0.3 is 0 Å². The van der Waals surface area contributed by atoms with Crippen LogP contribution in [-0.4, -0.2) is 12.5 Å². The van der Waals surface area contributed by atoms with Gasteiger partial charge in [-0.25, -0.2) is 0 Å². The lowest BCUT2D eigenvalue weighted by atomic mass is 10.2. The van der Waals surface area contributed by atoms with Gasteiger partial charge in [-0.2, -0.15) is 5.26 Å². The molecule has 0 saturated carbocycles. The Morgan fingerprint density at radius 1 is 1.42 bits per heavy atom. The Bertz CT molecular complexity index is 628. The Balaban J connectivity index is 2.17. The molecule has 4 nitrogen and oxygen atoms in total. The second-order valence-electron chi connectivity index (χ2n) is 3.83. The maximum Gasteiger partial charge on any atom is 0.266 e. The van der Waals surface area contributed by atoms with Gasteiger partial charge in [-0.1, -0.05) is 12.1 Å². The maximum atomic E-state index is 12.1. The molecule has 1 heterocycles. The molecule has 0 atom stereocenters. The van der Waals surface area contributed by atoms with Crippen molar-refractivity contribution in [2.45, 2.75) is 6.92 Å². The van der Waals surface area contributed by atoms with Crippen molar-refractivity contribution in [2.24, 2.45) is 0 Å². The fourth-order valence-corrected chi connectivity index (χ4v) is 2.41. The number of hydrogen-bond acceptors (Lipinski definition) is 4. The molecular weight excluding hydrogens is 260 g/mol. The molecule has 0 aliphatic carbocycles. The van der Waals surface area contributed by atoms with Crippen LogP contribution in [0.1, 0.15) is 15.2 Å². The molecule has 2 aromatic rings. The van der Waals surface area contributed by atoms with E-state index in [1.54, 1.807) is 24.3 Å². The van der Waals surface area contributed by atoms with E-state index in [9.17, 15) is 4.79 Å². The predicted molar refractivity (Wildman–Crippen MR) is 74.6 cm³/mol. The molecule has 0 aliphatic rings. The first-order chi connectivity index (χ1) is 9.22. The Labute approximate surface area is 115 Å². The van der Waals surface area contributed by atoms with Gasteiger partial charge in [-0.15, -0.1) is 11.3 Å². The van der Waals surface area contributed by atoms with Crippen LogP contribution in [0.25, 0.3) is 0 Å². The normalized spacial score (nSPS) is 9.68. The third kappa shape index (κ3) is 3.12. The lowest BCUT2D eigenvalue weighted by molar-refractivity contribution is 0.102. The van der Waals surface area contributed by atoms with E-state index >= 15 is 0 Å². The topological polar surface area (TPSA) is 62.1 Å². The van der Waals surface area contributed by atoms with Crippen molar-refractivity contribution in [3.05, 3.63) is 46.2 Å². The molecule has 0 spiro atoms. The zero-order valence-electron chi connectivity index (χ0n) is 10.3. The fraction of sp³-hybridized carbons (Fsp3) is 0.143. The molecule has 1 aromatic carbocycles. The number of anilines is 1. The van der Waals surface area contributed by atoms with E-state index in [0.29, 0.717) is 16.3 Å². The summed E-state index contributed by atoms with van der Waals surface area (Å²) in [6.45, 7) is 1.84. The number of rotatable bonds is 4. The third-order valence-electron chi connectivity index (χ3n) is 2.50. The number of carbonyl (C=O) groups is 1. The number of nitrogens with one attached hydrogen (secondary N) is 1. The second-order valence-corrected chi connectivity index (χ2v) is 4.75. The van der Waals surface area contributed by atoms with Crippen LogP contribution < -0.4 is 10.1 Å². The molecular formula is C14H12N2O2S. The molecule has 0 unspecified atom stereocenters. The molecule has 0 aliphatic heterocycles. The van der Waals surface area contributed by atoms with Crippen molar-refractivity contribution in [2.75, 3.05) is 11.9 Å². The molecule has 1 N–H and O–H groups in total. The Kier molecular flexibility index (Phi) is 4.16. The molecule has 0 radical (unpaired) electrons. The van der Waals surface area contributed by atoms with E-state index < -0.39 is 0 Å². The lowest BCUT2D eigenvalue weighted by Crippen LogP contribution is -2.12. The number of benzene rings is 1. The zero-order chi connectivity index (χ0) is 13.7. The number of ether oxygens (including phenoxy) is 1. The van der Waals surface area contributed by atoms with Crippen molar-refractivity contribution in [3.63, 3.8) is 0 Å². The summed E-state index contributed by atoms with van der Waals surface area (Å²) >= 11 is 1.40. The van der Waals surface area contributed by atoms with Gasteiger partial charge in [0, 0.05) is 0 Å². The number of nitriles is 1. The van der Waals surface area contributed by atoms with Crippen LogP contribution in [0.3, 0.4) is 0 Å². The molecule has 0 bridgehead atoms. The SMILES string of the molecule is Cc1ccsc1C(=O)Nc1ccccc1OCC#N. The first-order valence-electron chi connectivity index (χ1n) is 5.66. The maximum absolute atomic E-state index is 12.1. The van der Waals surface area contributed by atoms with Gasteiger partial charge in [0.15, 0.2) is 6.61 Å². The highest BCUT2D eigenvalue weighted by Crippen LogP contribution is 2.25. The highest BCUT2D eigenvalue weighted by molar-refractivity contribution is 7.12. The number of aryl methyl sites for hydroxylation is 1. The van der Waals surface area contributed by atoms with Crippen molar-refractivity contribution < 1.29 is 9.53 Å². The van der Waals surface area contributed by atoms with Gasteiger partial charge < -0.3 is 10.1 Å². The fourth-order valence-electron chi connectivity index (χ4n) is 1.59. The van der Waals surface area contributed by atoms with E-state index in [2.05, 4.69) is 5.32 Å². The van der Waals surface area contributed by atoms with Gasteiger partial charge in [-0.3, -0.25) is 4.79 Å². The van der Waals surface area contributed by atoms with Crippen LogP contribution in [0.5, 0.6) is 5.75 Å². The van der Waals surface area contributed by atoms with E-state index in [-0.39, 0.29) is 12.5 Å². The number of amides is 1. The number of nitrogens with zero attached hydrogens (tertiary/aromatic N) is 1. The number of para-hydroxylation sites is 2. The highest BCUT2D eigenvalue weighted by Gasteiger charge is 2.12. The van der Waals surface area contributed by atoms with Crippen molar-refractivity contribution in [1.29, 1.82) is 5.26 Å². The average Bonchev–Trinajstić information content (AvgIpc) is 2.84. The number of carbonyl (C=O) groups excluding carboxylic acids is 1. The minimum Gasteiger partial charge on any atom is -0.477 e. The molecule has 1 amide bonds. The first-order valence-corrected chi connectivity index (χ1v) is 6.54. The predicted octanol–water partition coefficient (Wildman–Crippen LogP) is 3.21. The molecule has 19 heavy (non-hydrogen) atoms. The Hall–Kier alpha value is -2.32. The smallest absolute Gasteiger partial charge is 0.266 e. The summed E-state index contributed by atoms with van der Waals surface area (Å²) in [6.07, 6.45) is 0. The van der Waals surface area contributed by atoms with E-state index in [1.165, 1.54) is 11.3 Å². The summed E-state index contributed by atoms with van der Waals surface area (Å²) in [5, 5.41) is 13.2. The first kappa shape index (κ1) is 13.1. The van der Waals surface area contributed by atoms with Crippen LogP contribution in [-0.2, 0) is 0 Å². The molecule has 2 rings (SSSR count). The molecule has 5 heteroatoms. The van der Waals surface area contributed by atoms with E-state index in [4.69, 9.17) is 10.00 Å². The summed E-state index contributed by atoms with van der Waals surface area (Å²) in [7, 11) is 0. The van der Waals surface area contributed by atoms with Crippen molar-refractivity contribution >= 4 is 22.9 Å². The van der Waals surface area contributed by atoms with E-state index in [1.807, 2.05) is 24.4 Å². The summed E-state index contributed by atoms with van der Waals surface area (Å²) in [5.74, 6) is 0.326. The van der Waals surface area contributed by atoms with Gasteiger partial charge in [0.05, 0.1) is 10.6 Å². The summed E-state index contributed by atoms with van der Waals surface area (Å²) in [6, 6.07) is 10.9. The van der Waals surface area contributed by atoms with Crippen LogP contribution >= 0.6 is 11.3 Å². The van der Waals surface area contributed by atoms with Gasteiger partial charge in [0.2, 0.25) is 0 Å². The van der Waals surface area contributed by atoms with Crippen LogP contribution in [0.2, 0.25) is 0 Å². The number of thiophene rings is 1. The van der Waals surface area contributed by atoms with Crippen LogP contribution in [0.4, 0.5) is 5.69 Å². The van der Waals surface area contributed by atoms with Crippen LogP contribution in [0.15, 0.2) is 35.7 Å². The Morgan fingerprint density at radius 2 is 2.21 bits per heavy atom. The molecule has 96 valence electrons. The molecule has 0 saturated heterocycles. The van der Waals surface area contributed by atoms with Gasteiger partial charge in [-0.05, 0) is 36.1 Å². The molecule has 0 fully saturated rings. The average molecular weight is 272 g/mol. The monoisotopic (exact) mass is 272 g/mol. The minimum atomic E-state index is -0.166. The largest absolute Gasteiger partial charge is 0.477 e. The van der Waals surface area contributed by atoms with Crippen molar-refractivity contribution in [3.8, 4) is 11.8 Å². The standard InChI is InChI=1S/C14H12N2O2S/c1-10-6-9-19-13(10)14(17)16-11-4-2-3-5-12(11)18-8-7-15/h2-6,9H,8H2,1H3,(H,16,17). The van der Waals surface area contributed by atoms with E-state index in [0.717, 1.165) is 5.56 Å².